The lowest BCUT2D eigenvalue weighted by Crippen LogP contribution is -2.19. The summed E-state index contributed by atoms with van der Waals surface area (Å²) in [5.74, 6) is -0.389. The van der Waals surface area contributed by atoms with Crippen LogP contribution in [-0.2, 0) is 4.79 Å². The Morgan fingerprint density at radius 3 is 2.72 bits per heavy atom. The van der Waals surface area contributed by atoms with E-state index < -0.39 is 17.2 Å². The minimum atomic E-state index is -0.957. The number of carbonyl (C=O) groups excluding carboxylic acids is 1. The molecule has 0 fully saturated rings. The molecule has 0 aliphatic carbocycles. The monoisotopic (exact) mass is 380 g/mol. The number of aromatic nitrogens is 2. The maximum atomic E-state index is 14.1. The third kappa shape index (κ3) is 4.15. The molecule has 0 radical (unpaired) electrons. The summed E-state index contributed by atoms with van der Waals surface area (Å²) < 4.78 is 24.7. The van der Waals surface area contributed by atoms with Gasteiger partial charge in [0.15, 0.2) is 17.7 Å². The quantitative estimate of drug-likeness (QED) is 0.597. The minimum absolute atomic E-state index is 0.104. The van der Waals surface area contributed by atoms with Gasteiger partial charge in [0.2, 0.25) is 5.88 Å². The van der Waals surface area contributed by atoms with Gasteiger partial charge in [0.05, 0.1) is 17.2 Å². The third-order valence-electron chi connectivity index (χ3n) is 3.23. The predicted octanol–water partition coefficient (Wildman–Crippen LogP) is 4.75. The molecule has 1 atom stereocenters. The molecule has 0 aliphatic heterocycles. The van der Waals surface area contributed by atoms with E-state index in [1.54, 1.807) is 18.2 Å². The van der Waals surface area contributed by atoms with Crippen LogP contribution in [-0.4, -0.2) is 21.3 Å². The van der Waals surface area contributed by atoms with Crippen LogP contribution in [0.5, 0.6) is 17.4 Å². The first-order valence-electron chi connectivity index (χ1n) is 7.18. The van der Waals surface area contributed by atoms with Crippen molar-refractivity contribution >= 4 is 39.5 Å². The van der Waals surface area contributed by atoms with Gasteiger partial charge in [-0.05, 0) is 48.9 Å². The molecule has 1 unspecified atom stereocenters. The summed E-state index contributed by atoms with van der Waals surface area (Å²) in [5.41, 5.74) is 1.21. The van der Waals surface area contributed by atoms with Gasteiger partial charge in [-0.25, -0.2) is 14.4 Å². The Morgan fingerprint density at radius 1 is 1.20 bits per heavy atom. The Morgan fingerprint density at radius 2 is 2.00 bits per heavy atom. The molecular weight excluding hydrogens is 370 g/mol. The second-order valence-electron chi connectivity index (χ2n) is 5.10. The fourth-order valence-corrected chi connectivity index (χ4v) is 2.23. The van der Waals surface area contributed by atoms with E-state index in [4.69, 9.17) is 32.7 Å². The van der Waals surface area contributed by atoms with E-state index in [1.165, 1.54) is 25.3 Å². The van der Waals surface area contributed by atoms with Crippen LogP contribution in [0.4, 0.5) is 4.39 Å². The van der Waals surface area contributed by atoms with Gasteiger partial charge in [-0.2, -0.15) is 0 Å². The minimum Gasteiger partial charge on any atom is -0.478 e. The molecule has 3 aromatic rings. The van der Waals surface area contributed by atoms with Gasteiger partial charge >= 0.3 is 0 Å². The highest BCUT2D eigenvalue weighted by atomic mass is 35.5. The summed E-state index contributed by atoms with van der Waals surface area (Å²) >= 11 is 11.2. The SMILES string of the molecule is CC(Oc1ccc(Oc2cnc3cc(Cl)ccc3n2)cc1F)C(=O)Cl. The Kier molecular flexibility index (Phi) is 5.01. The van der Waals surface area contributed by atoms with E-state index in [-0.39, 0.29) is 17.4 Å². The number of benzene rings is 2. The lowest BCUT2D eigenvalue weighted by atomic mass is 10.3. The molecule has 1 heterocycles. The van der Waals surface area contributed by atoms with Crippen LogP contribution >= 0.6 is 23.2 Å². The molecule has 128 valence electrons. The fraction of sp³-hybridized carbons (Fsp3) is 0.118. The van der Waals surface area contributed by atoms with Crippen molar-refractivity contribution in [1.82, 2.24) is 9.97 Å². The van der Waals surface area contributed by atoms with Crippen LogP contribution in [0.25, 0.3) is 11.0 Å². The molecule has 0 saturated heterocycles. The molecule has 0 aliphatic rings. The highest BCUT2D eigenvalue weighted by Gasteiger charge is 2.15. The molecule has 0 bridgehead atoms. The van der Waals surface area contributed by atoms with Crippen molar-refractivity contribution in [3.05, 3.63) is 53.4 Å². The largest absolute Gasteiger partial charge is 0.478 e. The van der Waals surface area contributed by atoms with Gasteiger partial charge in [0.1, 0.15) is 5.75 Å². The Labute approximate surface area is 152 Å². The van der Waals surface area contributed by atoms with Crippen molar-refractivity contribution in [3.8, 4) is 17.4 Å². The Balaban J connectivity index is 1.80. The Hall–Kier alpha value is -2.44. The van der Waals surface area contributed by atoms with Crippen molar-refractivity contribution < 1.29 is 18.7 Å². The van der Waals surface area contributed by atoms with Crippen molar-refractivity contribution in [2.45, 2.75) is 13.0 Å². The number of hydrogen-bond acceptors (Lipinski definition) is 5. The highest BCUT2D eigenvalue weighted by molar-refractivity contribution is 6.64. The standard InChI is InChI=1S/C17H11Cl2FN2O3/c1-9(17(19)23)24-15-5-3-11(7-12(15)20)25-16-8-21-14-6-10(18)2-4-13(14)22-16/h2-9H,1H3. The lowest BCUT2D eigenvalue weighted by molar-refractivity contribution is -0.117. The molecule has 0 saturated carbocycles. The zero-order valence-corrected chi connectivity index (χ0v) is 14.4. The van der Waals surface area contributed by atoms with Gasteiger partial charge in [-0.15, -0.1) is 0 Å². The second-order valence-corrected chi connectivity index (χ2v) is 5.91. The molecule has 1 aromatic heterocycles. The molecule has 0 spiro atoms. The summed E-state index contributed by atoms with van der Waals surface area (Å²) in [5, 5.41) is -0.163. The van der Waals surface area contributed by atoms with Crippen LogP contribution in [0.3, 0.4) is 0 Å². The van der Waals surface area contributed by atoms with Gasteiger partial charge in [0.25, 0.3) is 5.24 Å². The summed E-state index contributed by atoms with van der Waals surface area (Å²) in [6.45, 7) is 1.43. The molecular formula is C17H11Cl2FN2O3. The number of ether oxygens (including phenoxy) is 2. The van der Waals surface area contributed by atoms with Gasteiger partial charge in [-0.1, -0.05) is 11.6 Å². The maximum Gasteiger partial charge on any atom is 0.262 e. The average Bonchev–Trinajstić information content (AvgIpc) is 2.57. The first kappa shape index (κ1) is 17.4. The van der Waals surface area contributed by atoms with Crippen molar-refractivity contribution in [2.24, 2.45) is 0 Å². The van der Waals surface area contributed by atoms with Crippen LogP contribution in [0.15, 0.2) is 42.6 Å². The first-order chi connectivity index (χ1) is 11.9. The van der Waals surface area contributed by atoms with E-state index in [0.717, 1.165) is 6.07 Å². The maximum absolute atomic E-state index is 14.1. The van der Waals surface area contributed by atoms with Crippen molar-refractivity contribution in [2.75, 3.05) is 0 Å². The van der Waals surface area contributed by atoms with Crippen molar-refractivity contribution in [1.29, 1.82) is 0 Å². The summed E-state index contributed by atoms with van der Waals surface area (Å²) in [6, 6.07) is 9.02. The fourth-order valence-electron chi connectivity index (χ4n) is 2.01. The molecule has 2 aromatic carbocycles. The van der Waals surface area contributed by atoms with E-state index in [2.05, 4.69) is 9.97 Å². The zero-order chi connectivity index (χ0) is 18.0. The predicted molar refractivity (Wildman–Crippen MR) is 92.0 cm³/mol. The van der Waals surface area contributed by atoms with E-state index in [9.17, 15) is 9.18 Å². The van der Waals surface area contributed by atoms with Crippen LogP contribution < -0.4 is 9.47 Å². The molecule has 25 heavy (non-hydrogen) atoms. The number of fused-ring (bicyclic) bond motifs is 1. The number of carbonyl (C=O) groups is 1. The third-order valence-corrected chi connectivity index (χ3v) is 3.77. The molecule has 8 heteroatoms. The molecule has 3 rings (SSSR count). The topological polar surface area (TPSA) is 61.3 Å². The number of nitrogens with zero attached hydrogens (tertiary/aromatic N) is 2. The summed E-state index contributed by atoms with van der Waals surface area (Å²) in [7, 11) is 0. The lowest BCUT2D eigenvalue weighted by Gasteiger charge is -2.12. The van der Waals surface area contributed by atoms with E-state index in [0.29, 0.717) is 16.1 Å². The summed E-state index contributed by atoms with van der Waals surface area (Å²) in [4.78, 5) is 19.4. The van der Waals surface area contributed by atoms with Gasteiger partial charge < -0.3 is 9.47 Å². The summed E-state index contributed by atoms with van der Waals surface area (Å²) in [6.07, 6.45) is 0.455. The number of rotatable bonds is 5. The molecule has 0 amide bonds. The van der Waals surface area contributed by atoms with Gasteiger partial charge in [0, 0.05) is 11.1 Å². The smallest absolute Gasteiger partial charge is 0.262 e. The van der Waals surface area contributed by atoms with Gasteiger partial charge in [-0.3, -0.25) is 4.79 Å². The average molecular weight is 381 g/mol. The van der Waals surface area contributed by atoms with Crippen LogP contribution in [0, 0.1) is 5.82 Å². The highest BCUT2D eigenvalue weighted by Crippen LogP contribution is 2.27. The van der Waals surface area contributed by atoms with E-state index in [1.807, 2.05) is 0 Å². The first-order valence-corrected chi connectivity index (χ1v) is 7.93. The molecule has 0 N–H and O–H groups in total. The number of hydrogen-bond donors (Lipinski definition) is 0. The van der Waals surface area contributed by atoms with Crippen LogP contribution in [0.1, 0.15) is 6.92 Å². The molecule has 5 nitrogen and oxygen atoms in total. The second kappa shape index (κ2) is 7.21. The van der Waals surface area contributed by atoms with Crippen LogP contribution in [0.2, 0.25) is 5.02 Å². The van der Waals surface area contributed by atoms with Crippen molar-refractivity contribution in [3.63, 3.8) is 0 Å². The van der Waals surface area contributed by atoms with E-state index >= 15 is 0 Å². The Bertz CT molecular complexity index is 952. The number of halogens is 3. The normalized spacial score (nSPS) is 12.0. The zero-order valence-electron chi connectivity index (χ0n) is 12.9.